The number of carbonyl (C=O) groups excluding carboxylic acids is 2. The molecule has 0 aromatic carbocycles. The SMILES string of the molecule is CC[C@@H]1[C@@H](C)O[C@@](O)([C@@H](C)[C@H](O)[C@H](C)[C@H]2OC(=O)/C=C/C=C/[C@H](C)[C@@H]([C@@H](C)[C@@H](O)[C@H](C)C(O)/C=C/[C@H](CC)[C@@H](C)O)OC(=O)C=C/C=C/[C@@H]2C)C[C@H]1O[C@H]1C[C@H](O)[C@H](O)[C@H](C)O1. The first-order valence-corrected chi connectivity index (χ1v) is 22.6. The van der Waals surface area contributed by atoms with Crippen molar-refractivity contribution < 1.29 is 69.0 Å². The van der Waals surface area contributed by atoms with Gasteiger partial charge in [-0.15, -0.1) is 0 Å². The van der Waals surface area contributed by atoms with E-state index in [0.717, 1.165) is 0 Å². The third kappa shape index (κ3) is 14.4. The van der Waals surface area contributed by atoms with Gasteiger partial charge in [0.1, 0.15) is 18.3 Å². The summed E-state index contributed by atoms with van der Waals surface area (Å²) in [5.74, 6) is -7.24. The van der Waals surface area contributed by atoms with Crippen LogP contribution in [0, 0.1) is 47.3 Å². The molecule has 0 spiro atoms. The molecule has 3 heterocycles. The van der Waals surface area contributed by atoms with Crippen molar-refractivity contribution in [2.45, 2.75) is 181 Å². The molecule has 0 radical (unpaired) electrons. The van der Waals surface area contributed by atoms with Crippen LogP contribution in [0.3, 0.4) is 0 Å². The summed E-state index contributed by atoms with van der Waals surface area (Å²) in [6, 6.07) is 0. The molecule has 0 amide bonds. The van der Waals surface area contributed by atoms with E-state index in [1.807, 2.05) is 27.7 Å². The van der Waals surface area contributed by atoms with Gasteiger partial charge in [-0.3, -0.25) is 0 Å². The van der Waals surface area contributed by atoms with Crippen molar-refractivity contribution in [3.05, 3.63) is 60.8 Å². The van der Waals surface area contributed by atoms with E-state index >= 15 is 0 Å². The molecule has 3 aliphatic heterocycles. The first-order valence-electron chi connectivity index (χ1n) is 22.6. The summed E-state index contributed by atoms with van der Waals surface area (Å²) in [4.78, 5) is 26.5. The van der Waals surface area contributed by atoms with Crippen molar-refractivity contribution >= 4 is 11.9 Å². The summed E-state index contributed by atoms with van der Waals surface area (Å²) in [6.07, 6.45) is 6.71. The second kappa shape index (κ2) is 24.5. The van der Waals surface area contributed by atoms with Gasteiger partial charge in [0.25, 0.3) is 0 Å². The lowest BCUT2D eigenvalue weighted by molar-refractivity contribution is -0.344. The van der Waals surface area contributed by atoms with Gasteiger partial charge < -0.3 is 59.4 Å². The highest BCUT2D eigenvalue weighted by Gasteiger charge is 2.52. The molecule has 3 rings (SSSR count). The Labute approximate surface area is 369 Å². The number of rotatable bonds is 15. The molecule has 7 N–H and O–H groups in total. The lowest BCUT2D eigenvalue weighted by atomic mass is 9.76. The molecule has 2 saturated heterocycles. The van der Waals surface area contributed by atoms with Gasteiger partial charge in [0.15, 0.2) is 12.1 Å². The number of allylic oxidation sites excluding steroid dienone is 4. The Bertz CT molecular complexity index is 1530. The van der Waals surface area contributed by atoms with Crippen LogP contribution < -0.4 is 0 Å². The number of hydrogen-bond donors (Lipinski definition) is 7. The largest absolute Gasteiger partial charge is 0.458 e. The highest BCUT2D eigenvalue weighted by Crippen LogP contribution is 2.43. The number of hydrogen-bond acceptors (Lipinski definition) is 14. The van der Waals surface area contributed by atoms with Crippen molar-refractivity contribution in [2.24, 2.45) is 47.3 Å². The quantitative estimate of drug-likeness (QED) is 0.0878. The molecule has 14 nitrogen and oxygen atoms in total. The fourth-order valence-electron chi connectivity index (χ4n) is 9.11. The zero-order valence-corrected chi connectivity index (χ0v) is 38.6. The number of ether oxygens (including phenoxy) is 5. The Morgan fingerprint density at radius 2 is 1.32 bits per heavy atom. The van der Waals surface area contributed by atoms with Crippen LogP contribution in [0.25, 0.3) is 0 Å². The number of esters is 2. The van der Waals surface area contributed by atoms with E-state index in [9.17, 15) is 45.3 Å². The summed E-state index contributed by atoms with van der Waals surface area (Å²) >= 11 is 0. The smallest absolute Gasteiger partial charge is 0.331 e. The van der Waals surface area contributed by atoms with E-state index < -0.39 is 127 Å². The van der Waals surface area contributed by atoms with Crippen molar-refractivity contribution in [1.29, 1.82) is 0 Å². The Kier molecular flexibility index (Phi) is 21.2. The molecule has 21 atom stereocenters. The second-order valence-electron chi connectivity index (χ2n) is 18.2. The lowest BCUT2D eigenvalue weighted by Crippen LogP contribution is -2.59. The normalized spacial score (nSPS) is 39.0. The van der Waals surface area contributed by atoms with Gasteiger partial charge >= 0.3 is 11.9 Å². The summed E-state index contributed by atoms with van der Waals surface area (Å²) in [5, 5.41) is 76.8. The van der Waals surface area contributed by atoms with E-state index in [1.165, 1.54) is 24.3 Å². The number of carbonyl (C=O) groups is 2. The summed E-state index contributed by atoms with van der Waals surface area (Å²) in [7, 11) is 0. The average Bonchev–Trinajstić information content (AvgIpc) is 3.21. The summed E-state index contributed by atoms with van der Waals surface area (Å²) in [6.45, 7) is 19.6. The Hall–Kier alpha value is -2.76. The van der Waals surface area contributed by atoms with Gasteiger partial charge in [0.05, 0.1) is 48.8 Å². The maximum absolute atomic E-state index is 13.3. The first-order chi connectivity index (χ1) is 29.1. The van der Waals surface area contributed by atoms with E-state index in [1.54, 1.807) is 84.9 Å². The molecule has 3 aliphatic rings. The predicted molar refractivity (Wildman–Crippen MR) is 234 cm³/mol. The summed E-state index contributed by atoms with van der Waals surface area (Å²) < 4.78 is 30.4. The molecule has 2 fully saturated rings. The second-order valence-corrected chi connectivity index (χ2v) is 18.2. The van der Waals surface area contributed by atoms with E-state index in [0.29, 0.717) is 12.8 Å². The van der Waals surface area contributed by atoms with Gasteiger partial charge in [-0.25, -0.2) is 9.59 Å². The van der Waals surface area contributed by atoms with Crippen molar-refractivity contribution in [2.75, 3.05) is 0 Å². The van der Waals surface area contributed by atoms with Crippen LogP contribution in [0.4, 0.5) is 0 Å². The minimum Gasteiger partial charge on any atom is -0.458 e. The molecule has 0 aromatic heterocycles. The van der Waals surface area contributed by atoms with Gasteiger partial charge in [0, 0.05) is 72.3 Å². The fourth-order valence-corrected chi connectivity index (χ4v) is 9.11. The fraction of sp³-hybridized carbons (Fsp3) is 0.750. The van der Waals surface area contributed by atoms with Gasteiger partial charge in [-0.2, -0.15) is 0 Å². The van der Waals surface area contributed by atoms with Gasteiger partial charge in [-0.1, -0.05) is 104 Å². The van der Waals surface area contributed by atoms with Crippen molar-refractivity contribution in [1.82, 2.24) is 0 Å². The van der Waals surface area contributed by atoms with Crippen molar-refractivity contribution in [3.8, 4) is 0 Å². The first kappa shape index (κ1) is 53.6. The van der Waals surface area contributed by atoms with Gasteiger partial charge in [0.2, 0.25) is 0 Å². The molecule has 0 saturated carbocycles. The number of aliphatic hydroxyl groups excluding tert-OH is 6. The van der Waals surface area contributed by atoms with Crippen LogP contribution in [-0.4, -0.2) is 127 Å². The minimum atomic E-state index is -1.86. The Morgan fingerprint density at radius 1 is 0.790 bits per heavy atom. The highest BCUT2D eigenvalue weighted by atomic mass is 16.7. The monoisotopic (exact) mass is 879 g/mol. The molecular weight excluding hydrogens is 801 g/mol. The van der Waals surface area contributed by atoms with Crippen LogP contribution in [-0.2, 0) is 33.3 Å². The molecule has 0 bridgehead atoms. The maximum atomic E-state index is 13.3. The van der Waals surface area contributed by atoms with Crippen LogP contribution in [0.5, 0.6) is 0 Å². The Balaban J connectivity index is 1.80. The molecule has 0 aromatic rings. The maximum Gasteiger partial charge on any atom is 0.331 e. The molecular formula is C48H78O14. The third-order valence-electron chi connectivity index (χ3n) is 13.6. The zero-order valence-electron chi connectivity index (χ0n) is 38.6. The van der Waals surface area contributed by atoms with E-state index in [2.05, 4.69) is 0 Å². The topological polar surface area (TPSA) is 222 Å². The molecule has 1 unspecified atom stereocenters. The lowest BCUT2D eigenvalue weighted by Gasteiger charge is -2.50. The predicted octanol–water partition coefficient (Wildman–Crippen LogP) is 4.68. The van der Waals surface area contributed by atoms with Crippen LogP contribution in [0.1, 0.15) is 102 Å². The standard InChI is InChI=1S/C48H78O14/c1-12-35(32(9)49)22-23-37(50)28(5)43(54)29(6)46-26(3)18-14-16-21-41(53)61-47(27(4)19-15-17-20-40(52)60-46)30(7)44(55)31(8)48(57)25-39(36(13-2)33(10)62-48)59-42-24-38(51)45(56)34(11)58-42/h14-23,26-39,42-47,49-51,54-57H,12-13,24-25H2,1-11H3/b18-14+,19-15+,20-17?,21-16+,23-22+/t26-,27-,28+,29-,30-,31-,32+,33+,34-,35-,36+,37?,38-,39+,42-,43-,44+,45+,46-,47-,48+/m0/s1. The van der Waals surface area contributed by atoms with Gasteiger partial charge in [-0.05, 0) is 33.6 Å². The third-order valence-corrected chi connectivity index (χ3v) is 13.6. The number of cyclic esters (lactones) is 2. The molecule has 0 aliphatic carbocycles. The summed E-state index contributed by atoms with van der Waals surface area (Å²) in [5.41, 5.74) is 0. The molecule has 62 heavy (non-hydrogen) atoms. The average molecular weight is 879 g/mol. The molecule has 354 valence electrons. The number of aliphatic hydroxyl groups is 7. The highest BCUT2D eigenvalue weighted by molar-refractivity contribution is 5.83. The van der Waals surface area contributed by atoms with E-state index in [-0.39, 0.29) is 24.7 Å². The zero-order chi connectivity index (χ0) is 46.6. The van der Waals surface area contributed by atoms with Crippen LogP contribution in [0.2, 0.25) is 0 Å². The van der Waals surface area contributed by atoms with E-state index in [4.69, 9.17) is 23.7 Å². The molecule has 14 heteroatoms. The minimum absolute atomic E-state index is 0.0108. The van der Waals surface area contributed by atoms with Crippen LogP contribution in [0.15, 0.2) is 60.8 Å². The van der Waals surface area contributed by atoms with Crippen molar-refractivity contribution in [3.63, 3.8) is 0 Å². The van der Waals surface area contributed by atoms with Crippen LogP contribution >= 0.6 is 0 Å². The Morgan fingerprint density at radius 3 is 1.81 bits per heavy atom.